The second-order valence-corrected chi connectivity index (χ2v) is 6.53. The van der Waals surface area contributed by atoms with E-state index >= 15 is 0 Å². The third kappa shape index (κ3) is 3.89. The fourth-order valence-corrected chi connectivity index (χ4v) is 3.09. The predicted octanol–water partition coefficient (Wildman–Crippen LogP) is 3.39. The van der Waals surface area contributed by atoms with Crippen molar-refractivity contribution in [3.05, 3.63) is 29.8 Å². The summed E-state index contributed by atoms with van der Waals surface area (Å²) in [5.41, 5.74) is 1.13. The Morgan fingerprint density at radius 3 is 2.33 bits per heavy atom. The number of rotatable bonds is 5. The summed E-state index contributed by atoms with van der Waals surface area (Å²) in [5.74, 6) is 6.46. The molecule has 1 aromatic carbocycles. The van der Waals surface area contributed by atoms with E-state index < -0.39 is 9.84 Å². The van der Waals surface area contributed by atoms with Crippen molar-refractivity contribution in [2.75, 3.05) is 5.75 Å². The number of hydrogen-bond donors (Lipinski definition) is 0. The van der Waals surface area contributed by atoms with E-state index in [4.69, 9.17) is 0 Å². The molecule has 0 aliphatic carbocycles. The van der Waals surface area contributed by atoms with Crippen molar-refractivity contribution in [1.29, 1.82) is 0 Å². The summed E-state index contributed by atoms with van der Waals surface area (Å²) in [6.07, 6.45) is 1.45. The van der Waals surface area contributed by atoms with Crippen molar-refractivity contribution in [2.24, 2.45) is 0 Å². The van der Waals surface area contributed by atoms with Crippen molar-refractivity contribution in [2.45, 2.75) is 44.4 Å². The molecule has 1 rings (SSSR count). The molecule has 0 saturated heterocycles. The summed E-state index contributed by atoms with van der Waals surface area (Å²) in [5, 5.41) is 0. The highest BCUT2D eigenvalue weighted by Crippen LogP contribution is 2.21. The van der Waals surface area contributed by atoms with Crippen LogP contribution in [0.15, 0.2) is 29.2 Å². The lowest BCUT2D eigenvalue weighted by Gasteiger charge is -2.09. The summed E-state index contributed by atoms with van der Waals surface area (Å²) >= 11 is 0. The number of benzene rings is 1. The summed E-state index contributed by atoms with van der Waals surface area (Å²) in [6, 6.07) is 7.20. The van der Waals surface area contributed by atoms with Crippen molar-refractivity contribution < 1.29 is 8.42 Å². The zero-order chi connectivity index (χ0) is 13.6. The Hall–Kier alpha value is -1.27. The minimum Gasteiger partial charge on any atom is -0.224 e. The molecule has 1 atom stereocenters. The quantitative estimate of drug-likeness (QED) is 0.764. The van der Waals surface area contributed by atoms with Gasteiger partial charge in [0.25, 0.3) is 0 Å². The van der Waals surface area contributed by atoms with Crippen LogP contribution < -0.4 is 0 Å². The Kier molecular flexibility index (Phi) is 5.43. The molecule has 0 aliphatic heterocycles. The monoisotopic (exact) mass is 264 g/mol. The molecule has 0 aromatic heterocycles. The van der Waals surface area contributed by atoms with Gasteiger partial charge in [-0.15, -0.1) is 11.8 Å². The molecule has 18 heavy (non-hydrogen) atoms. The molecule has 0 radical (unpaired) electrons. The maximum atomic E-state index is 11.9. The van der Waals surface area contributed by atoms with Crippen LogP contribution in [0.4, 0.5) is 0 Å². The van der Waals surface area contributed by atoms with Gasteiger partial charge in [0.05, 0.1) is 10.6 Å². The SMILES string of the molecule is CC#CCC(C)c1ccc(S(=O)(=O)CCC)cc1. The lowest BCUT2D eigenvalue weighted by Crippen LogP contribution is -2.06. The lowest BCUT2D eigenvalue weighted by atomic mass is 9.98. The van der Waals surface area contributed by atoms with E-state index in [2.05, 4.69) is 18.8 Å². The van der Waals surface area contributed by atoms with E-state index in [-0.39, 0.29) is 5.75 Å². The van der Waals surface area contributed by atoms with Crippen LogP contribution in [0, 0.1) is 11.8 Å². The van der Waals surface area contributed by atoms with Crippen LogP contribution in [0.3, 0.4) is 0 Å². The highest BCUT2D eigenvalue weighted by molar-refractivity contribution is 7.91. The molecule has 1 aromatic rings. The molecule has 0 N–H and O–H groups in total. The zero-order valence-electron chi connectivity index (χ0n) is 11.2. The summed E-state index contributed by atoms with van der Waals surface area (Å²) in [4.78, 5) is 0.418. The van der Waals surface area contributed by atoms with Gasteiger partial charge in [0.1, 0.15) is 0 Å². The Morgan fingerprint density at radius 1 is 1.22 bits per heavy atom. The third-order valence-corrected chi connectivity index (χ3v) is 4.80. The first-order valence-corrected chi connectivity index (χ1v) is 7.88. The van der Waals surface area contributed by atoms with Gasteiger partial charge in [-0.2, -0.15) is 0 Å². The van der Waals surface area contributed by atoms with Crippen molar-refractivity contribution >= 4 is 9.84 Å². The first-order chi connectivity index (χ1) is 8.51. The van der Waals surface area contributed by atoms with Gasteiger partial charge in [-0.05, 0) is 37.0 Å². The highest BCUT2D eigenvalue weighted by atomic mass is 32.2. The Labute approximate surface area is 110 Å². The smallest absolute Gasteiger partial charge is 0.178 e. The van der Waals surface area contributed by atoms with E-state index in [9.17, 15) is 8.42 Å². The lowest BCUT2D eigenvalue weighted by molar-refractivity contribution is 0.594. The molecule has 0 heterocycles. The molecule has 0 bridgehead atoms. The van der Waals surface area contributed by atoms with Gasteiger partial charge < -0.3 is 0 Å². The minimum atomic E-state index is -3.10. The predicted molar refractivity (Wildman–Crippen MR) is 75.3 cm³/mol. The summed E-state index contributed by atoms with van der Waals surface area (Å²) in [7, 11) is -3.10. The van der Waals surface area contributed by atoms with E-state index in [1.54, 1.807) is 12.1 Å². The van der Waals surface area contributed by atoms with Gasteiger partial charge in [0.2, 0.25) is 0 Å². The van der Waals surface area contributed by atoms with Gasteiger partial charge in [0.15, 0.2) is 9.84 Å². The van der Waals surface area contributed by atoms with Crippen molar-refractivity contribution in [3.63, 3.8) is 0 Å². The van der Waals surface area contributed by atoms with E-state index in [0.717, 1.165) is 12.0 Å². The first kappa shape index (κ1) is 14.8. The maximum absolute atomic E-state index is 11.9. The summed E-state index contributed by atoms with van der Waals surface area (Å²) < 4.78 is 23.7. The molecule has 0 aliphatic rings. The van der Waals surface area contributed by atoms with Crippen molar-refractivity contribution in [3.8, 4) is 11.8 Å². The maximum Gasteiger partial charge on any atom is 0.178 e. The number of hydrogen-bond acceptors (Lipinski definition) is 2. The molecule has 1 unspecified atom stereocenters. The second-order valence-electron chi connectivity index (χ2n) is 4.42. The fraction of sp³-hybridized carbons (Fsp3) is 0.467. The van der Waals surface area contributed by atoms with Crippen LogP contribution in [0.25, 0.3) is 0 Å². The van der Waals surface area contributed by atoms with Gasteiger partial charge in [-0.1, -0.05) is 26.0 Å². The summed E-state index contributed by atoms with van der Waals surface area (Å²) in [6.45, 7) is 5.80. The third-order valence-electron chi connectivity index (χ3n) is 2.87. The molecule has 0 amide bonds. The van der Waals surface area contributed by atoms with Crippen LogP contribution in [-0.2, 0) is 9.84 Å². The Morgan fingerprint density at radius 2 is 1.83 bits per heavy atom. The van der Waals surface area contributed by atoms with Crippen LogP contribution >= 0.6 is 0 Å². The van der Waals surface area contributed by atoms with Gasteiger partial charge in [-0.25, -0.2) is 8.42 Å². The van der Waals surface area contributed by atoms with Crippen LogP contribution in [0.1, 0.15) is 45.1 Å². The van der Waals surface area contributed by atoms with Gasteiger partial charge >= 0.3 is 0 Å². The molecule has 2 nitrogen and oxygen atoms in total. The Balaban J connectivity index is 2.88. The molecule has 98 valence electrons. The molecular formula is C15H20O2S. The standard InChI is InChI=1S/C15H20O2S/c1-4-6-7-13(3)14-8-10-15(11-9-14)18(16,17)12-5-2/h8-11,13H,5,7,12H2,1-3H3. The minimum absolute atomic E-state index is 0.212. The Bertz CT molecular complexity index is 530. The highest BCUT2D eigenvalue weighted by Gasteiger charge is 2.13. The van der Waals surface area contributed by atoms with Gasteiger partial charge in [-0.3, -0.25) is 0 Å². The molecule has 0 saturated carbocycles. The van der Waals surface area contributed by atoms with Crippen LogP contribution in [0.2, 0.25) is 0 Å². The zero-order valence-corrected chi connectivity index (χ0v) is 12.0. The largest absolute Gasteiger partial charge is 0.224 e. The average molecular weight is 264 g/mol. The average Bonchev–Trinajstić information content (AvgIpc) is 2.36. The fourth-order valence-electron chi connectivity index (χ4n) is 1.76. The molecular weight excluding hydrogens is 244 g/mol. The molecule has 0 fully saturated rings. The van der Waals surface area contributed by atoms with Crippen LogP contribution in [0.5, 0.6) is 0 Å². The molecule has 3 heteroatoms. The molecule has 0 spiro atoms. The van der Waals surface area contributed by atoms with E-state index in [1.807, 2.05) is 26.0 Å². The topological polar surface area (TPSA) is 34.1 Å². The van der Waals surface area contributed by atoms with E-state index in [0.29, 0.717) is 17.2 Å². The van der Waals surface area contributed by atoms with Crippen LogP contribution in [-0.4, -0.2) is 14.2 Å². The normalized spacial score (nSPS) is 12.6. The second kappa shape index (κ2) is 6.61. The first-order valence-electron chi connectivity index (χ1n) is 6.23. The van der Waals surface area contributed by atoms with Crippen molar-refractivity contribution in [1.82, 2.24) is 0 Å². The number of sulfone groups is 1. The van der Waals surface area contributed by atoms with Gasteiger partial charge in [0, 0.05) is 6.42 Å². The van der Waals surface area contributed by atoms with E-state index in [1.165, 1.54) is 0 Å².